The summed E-state index contributed by atoms with van der Waals surface area (Å²) in [7, 11) is 5.06. The van der Waals surface area contributed by atoms with Crippen LogP contribution < -0.4 is 14.3 Å². The van der Waals surface area contributed by atoms with Gasteiger partial charge in [-0.2, -0.15) is 16.4 Å². The lowest BCUT2D eigenvalue weighted by atomic mass is 10.1. The molecule has 0 unspecified atom stereocenters. The maximum Gasteiger partial charge on any atom is 0.205 e. The molecular formula is C17H17N3O2S2. The zero-order valence-electron chi connectivity index (χ0n) is 13.6. The van der Waals surface area contributed by atoms with Crippen LogP contribution in [0.4, 0.5) is 0 Å². The molecule has 0 radical (unpaired) electrons. The summed E-state index contributed by atoms with van der Waals surface area (Å²) in [6.07, 6.45) is 1.83. The molecule has 0 fully saturated rings. The molecule has 0 atom stereocenters. The zero-order valence-corrected chi connectivity index (χ0v) is 15.2. The van der Waals surface area contributed by atoms with Crippen LogP contribution in [0.15, 0.2) is 50.5 Å². The summed E-state index contributed by atoms with van der Waals surface area (Å²) in [4.78, 5) is 5.12. The molecule has 3 rings (SSSR count). The predicted octanol–water partition coefficient (Wildman–Crippen LogP) is 3.71. The molecule has 0 amide bonds. The molecule has 3 aromatic rings. The van der Waals surface area contributed by atoms with Gasteiger partial charge in [0, 0.05) is 23.6 Å². The van der Waals surface area contributed by atoms with E-state index in [1.807, 2.05) is 51.3 Å². The summed E-state index contributed by atoms with van der Waals surface area (Å²) in [5.41, 5.74) is 2.87. The van der Waals surface area contributed by atoms with Gasteiger partial charge in [0.15, 0.2) is 0 Å². The fourth-order valence-electron chi connectivity index (χ4n) is 2.24. The van der Waals surface area contributed by atoms with Crippen molar-refractivity contribution in [1.82, 2.24) is 4.68 Å². The molecule has 0 aliphatic rings. The first kappa shape index (κ1) is 16.5. The topological polar surface area (TPSA) is 48.1 Å². The molecule has 2 aromatic heterocycles. The Balaban J connectivity index is 2.14. The highest BCUT2D eigenvalue weighted by Gasteiger charge is 2.13. The van der Waals surface area contributed by atoms with Gasteiger partial charge in [0.1, 0.15) is 11.5 Å². The first-order valence-corrected chi connectivity index (χ1v) is 9.01. The third-order valence-electron chi connectivity index (χ3n) is 3.42. The highest BCUT2D eigenvalue weighted by molar-refractivity contribution is 7.08. The monoisotopic (exact) mass is 359 g/mol. The zero-order chi connectivity index (χ0) is 16.9. The first-order valence-electron chi connectivity index (χ1n) is 7.19. The molecule has 0 bridgehead atoms. The minimum atomic E-state index is 0.760. The van der Waals surface area contributed by atoms with Crippen LogP contribution in [0.25, 0.3) is 11.3 Å². The van der Waals surface area contributed by atoms with E-state index in [2.05, 4.69) is 10.1 Å². The smallest absolute Gasteiger partial charge is 0.205 e. The van der Waals surface area contributed by atoms with E-state index in [4.69, 9.17) is 9.47 Å². The molecule has 0 spiro atoms. The molecule has 0 saturated heterocycles. The van der Waals surface area contributed by atoms with Gasteiger partial charge in [0.25, 0.3) is 0 Å². The van der Waals surface area contributed by atoms with Crippen molar-refractivity contribution in [2.24, 2.45) is 10.1 Å². The van der Waals surface area contributed by atoms with Gasteiger partial charge < -0.3 is 9.47 Å². The van der Waals surface area contributed by atoms with Crippen LogP contribution in [-0.4, -0.2) is 32.2 Å². The van der Waals surface area contributed by atoms with E-state index >= 15 is 0 Å². The fraction of sp³-hybridized carbons (Fsp3) is 0.176. The van der Waals surface area contributed by atoms with E-state index in [1.165, 1.54) is 11.3 Å². The van der Waals surface area contributed by atoms with Gasteiger partial charge in [-0.1, -0.05) is 0 Å². The number of hydrogen-bond donors (Lipinski definition) is 0. The number of benzene rings is 1. The van der Waals surface area contributed by atoms with E-state index in [1.54, 1.807) is 32.6 Å². The maximum atomic E-state index is 5.50. The highest BCUT2D eigenvalue weighted by Crippen LogP contribution is 2.33. The molecular weight excluding hydrogens is 342 g/mol. The molecule has 0 saturated carbocycles. The Hall–Kier alpha value is -2.38. The Kier molecular flexibility index (Phi) is 5.12. The van der Waals surface area contributed by atoms with E-state index in [-0.39, 0.29) is 0 Å². The molecule has 1 aromatic carbocycles. The molecule has 7 heteroatoms. The van der Waals surface area contributed by atoms with Gasteiger partial charge in [0.2, 0.25) is 4.80 Å². The number of thiazole rings is 1. The Morgan fingerprint density at radius 1 is 1.12 bits per heavy atom. The van der Waals surface area contributed by atoms with Crippen LogP contribution >= 0.6 is 22.7 Å². The van der Waals surface area contributed by atoms with Crippen LogP contribution in [0.5, 0.6) is 11.5 Å². The summed E-state index contributed by atoms with van der Waals surface area (Å²) >= 11 is 3.17. The number of aromatic nitrogens is 1. The predicted molar refractivity (Wildman–Crippen MR) is 99.6 cm³/mol. The number of thiophene rings is 1. The number of nitrogens with zero attached hydrogens (tertiary/aromatic N) is 3. The average Bonchev–Trinajstić information content (AvgIpc) is 3.28. The summed E-state index contributed by atoms with van der Waals surface area (Å²) in [5.74, 6) is 1.52. The normalized spacial score (nSPS) is 12.0. The molecule has 5 nitrogen and oxygen atoms in total. The molecule has 0 N–H and O–H groups in total. The molecule has 124 valence electrons. The molecule has 0 aliphatic carbocycles. The summed E-state index contributed by atoms with van der Waals surface area (Å²) in [5, 5.41) is 10.7. The Bertz CT molecular complexity index is 908. The quantitative estimate of drug-likeness (QED) is 0.652. The average molecular weight is 359 g/mol. The number of ether oxygens (including phenoxy) is 2. The van der Waals surface area contributed by atoms with Crippen molar-refractivity contribution >= 4 is 28.9 Å². The van der Waals surface area contributed by atoms with E-state index in [9.17, 15) is 0 Å². The first-order chi connectivity index (χ1) is 11.8. The van der Waals surface area contributed by atoms with Crippen molar-refractivity contribution in [3.8, 4) is 22.8 Å². The minimum Gasteiger partial charge on any atom is -0.497 e. The largest absolute Gasteiger partial charge is 0.497 e. The van der Waals surface area contributed by atoms with Gasteiger partial charge in [-0.05, 0) is 35.0 Å². The van der Waals surface area contributed by atoms with Crippen molar-refractivity contribution in [3.63, 3.8) is 0 Å². The number of hydrogen-bond acceptors (Lipinski definition) is 6. The second-order valence-corrected chi connectivity index (χ2v) is 6.42. The molecule has 0 aliphatic heterocycles. The lowest BCUT2D eigenvalue weighted by molar-refractivity contribution is 0.404. The van der Waals surface area contributed by atoms with E-state index in [0.29, 0.717) is 0 Å². The van der Waals surface area contributed by atoms with Crippen molar-refractivity contribution in [2.45, 2.75) is 0 Å². The van der Waals surface area contributed by atoms with Crippen LogP contribution in [0.1, 0.15) is 5.56 Å². The third-order valence-corrected chi connectivity index (χ3v) is 5.03. The van der Waals surface area contributed by atoms with Crippen LogP contribution in [-0.2, 0) is 0 Å². The number of methoxy groups -OCH3 is 2. The lowest BCUT2D eigenvalue weighted by Crippen LogP contribution is -2.11. The summed E-state index contributed by atoms with van der Waals surface area (Å²) in [6.45, 7) is 0. The van der Waals surface area contributed by atoms with Gasteiger partial charge >= 0.3 is 0 Å². The van der Waals surface area contributed by atoms with Gasteiger partial charge in [0.05, 0.1) is 26.1 Å². The van der Waals surface area contributed by atoms with Crippen LogP contribution in [0, 0.1) is 0 Å². The standard InChI is InChI=1S/C17H17N3O2S2/c1-18-17-20(19-9-12-6-7-23-10-12)15(11-24-17)14-8-13(21-2)4-5-16(14)22-3/h4-11H,1-3H3. The number of rotatable bonds is 5. The third kappa shape index (κ3) is 3.27. The summed E-state index contributed by atoms with van der Waals surface area (Å²) in [6, 6.07) is 7.73. The second kappa shape index (κ2) is 7.46. The van der Waals surface area contributed by atoms with Crippen molar-refractivity contribution < 1.29 is 9.47 Å². The molecule has 2 heterocycles. The molecule has 24 heavy (non-hydrogen) atoms. The van der Waals surface area contributed by atoms with Gasteiger partial charge in [-0.3, -0.25) is 4.99 Å². The minimum absolute atomic E-state index is 0.760. The van der Waals surface area contributed by atoms with Crippen molar-refractivity contribution in [3.05, 3.63) is 50.8 Å². The Morgan fingerprint density at radius 2 is 2.00 bits per heavy atom. The second-order valence-electron chi connectivity index (χ2n) is 4.81. The lowest BCUT2D eigenvalue weighted by Gasteiger charge is -2.10. The maximum absolute atomic E-state index is 5.50. The van der Waals surface area contributed by atoms with Gasteiger partial charge in [-0.15, -0.1) is 11.3 Å². The fourth-order valence-corrected chi connectivity index (χ4v) is 3.64. The highest BCUT2D eigenvalue weighted by atomic mass is 32.1. The van der Waals surface area contributed by atoms with Crippen LogP contribution in [0.2, 0.25) is 0 Å². The van der Waals surface area contributed by atoms with E-state index in [0.717, 1.165) is 33.1 Å². The summed E-state index contributed by atoms with van der Waals surface area (Å²) < 4.78 is 12.7. The van der Waals surface area contributed by atoms with E-state index < -0.39 is 0 Å². The van der Waals surface area contributed by atoms with Crippen molar-refractivity contribution in [1.29, 1.82) is 0 Å². The Morgan fingerprint density at radius 3 is 2.67 bits per heavy atom. The van der Waals surface area contributed by atoms with Crippen molar-refractivity contribution in [2.75, 3.05) is 21.3 Å². The van der Waals surface area contributed by atoms with Gasteiger partial charge in [-0.25, -0.2) is 4.68 Å². The Labute approximate surface area is 148 Å². The van der Waals surface area contributed by atoms with Crippen LogP contribution in [0.3, 0.4) is 0 Å². The SMILES string of the molecule is CN=c1scc(-c2cc(OC)ccc2OC)n1N=Cc1ccsc1.